The molecule has 1 aromatic carbocycles. The van der Waals surface area contributed by atoms with Gasteiger partial charge in [-0.05, 0) is 32.4 Å². The van der Waals surface area contributed by atoms with Crippen molar-refractivity contribution in [2.45, 2.75) is 45.1 Å². The number of aryl methyl sites for hydroxylation is 1. The maximum Gasteiger partial charge on any atom is 0.333 e. The molecule has 4 aromatic rings. The van der Waals surface area contributed by atoms with E-state index in [0.29, 0.717) is 45.7 Å². The maximum atomic E-state index is 14.0. The Morgan fingerprint density at radius 1 is 1.29 bits per heavy atom. The van der Waals surface area contributed by atoms with E-state index in [4.69, 9.17) is 18.6 Å². The van der Waals surface area contributed by atoms with Gasteiger partial charge < -0.3 is 23.7 Å². The van der Waals surface area contributed by atoms with Crippen molar-refractivity contribution in [1.29, 1.82) is 0 Å². The summed E-state index contributed by atoms with van der Waals surface area (Å²) in [6, 6.07) is 7.32. The van der Waals surface area contributed by atoms with E-state index in [1.807, 2.05) is 18.2 Å². The maximum absolute atomic E-state index is 14.0. The van der Waals surface area contributed by atoms with Crippen molar-refractivity contribution >= 4 is 27.5 Å². The van der Waals surface area contributed by atoms with E-state index >= 15 is 0 Å². The number of nitrogens with zero attached hydrogens (tertiary/aromatic N) is 3. The number of oxazole rings is 1. The van der Waals surface area contributed by atoms with E-state index in [1.54, 1.807) is 20.1 Å². The standard InChI is InChI=1S/C26H27N3O8S/c1-14-19-22(30)29(26(2,3)24(31)32)25(33)28(23(19)38-20(14)21-27-9-10-36-21)11-18(37-15-12-35-13-15)16-7-5-6-8-17(16)34-4/h5-10,15,18H,11-13H2,1-4H3,(H,31,32)/t18-/m1/s1. The predicted octanol–water partition coefficient (Wildman–Crippen LogP) is 3.17. The smallest absolute Gasteiger partial charge is 0.333 e. The molecule has 1 aliphatic heterocycles. The van der Waals surface area contributed by atoms with Crippen LogP contribution in [0.5, 0.6) is 5.75 Å². The second-order valence-corrected chi connectivity index (χ2v) is 10.5. The molecule has 1 atom stereocenters. The molecule has 0 bridgehead atoms. The molecule has 12 heteroatoms. The lowest BCUT2D eigenvalue weighted by Gasteiger charge is -2.32. The second-order valence-electron chi connectivity index (χ2n) is 9.50. The van der Waals surface area contributed by atoms with Gasteiger partial charge >= 0.3 is 11.7 Å². The number of carboxylic acids is 1. The summed E-state index contributed by atoms with van der Waals surface area (Å²) >= 11 is 1.18. The van der Waals surface area contributed by atoms with Gasteiger partial charge in [0.1, 0.15) is 34.6 Å². The molecule has 0 radical (unpaired) electrons. The van der Waals surface area contributed by atoms with Gasteiger partial charge in [0.15, 0.2) is 0 Å². The van der Waals surface area contributed by atoms with Crippen LogP contribution in [0.3, 0.4) is 0 Å². The summed E-state index contributed by atoms with van der Waals surface area (Å²) in [6.07, 6.45) is 2.06. The average Bonchev–Trinajstić information content (AvgIpc) is 3.50. The SMILES string of the molecule is COc1ccccc1[C@@H](Cn1c(=O)n(C(C)(C)C(=O)O)c(=O)c2c(C)c(-c3ncco3)sc21)OC1COC1. The molecular formula is C26H27N3O8S. The summed E-state index contributed by atoms with van der Waals surface area (Å²) in [6.45, 7) is 5.19. The van der Waals surface area contributed by atoms with Crippen LogP contribution in [0.2, 0.25) is 0 Å². The Morgan fingerprint density at radius 3 is 2.63 bits per heavy atom. The summed E-state index contributed by atoms with van der Waals surface area (Å²) in [5.74, 6) is -0.438. The number of fused-ring (bicyclic) bond motifs is 1. The lowest BCUT2D eigenvalue weighted by atomic mass is 10.0. The number of hydrogen-bond acceptors (Lipinski definition) is 9. The number of aromatic nitrogens is 3. The first-order valence-corrected chi connectivity index (χ1v) is 12.8. The van der Waals surface area contributed by atoms with Crippen molar-refractivity contribution in [1.82, 2.24) is 14.1 Å². The lowest BCUT2D eigenvalue weighted by molar-refractivity contribution is -0.159. The second kappa shape index (κ2) is 9.86. The first-order valence-electron chi connectivity index (χ1n) is 11.9. The third-order valence-corrected chi connectivity index (χ3v) is 8.02. The molecule has 4 heterocycles. The van der Waals surface area contributed by atoms with Crippen molar-refractivity contribution in [2.24, 2.45) is 0 Å². The Hall–Kier alpha value is -3.74. The fourth-order valence-electron chi connectivity index (χ4n) is 4.47. The molecule has 1 N–H and O–H groups in total. The molecule has 5 rings (SSSR count). The molecule has 3 aromatic heterocycles. The molecule has 1 aliphatic rings. The van der Waals surface area contributed by atoms with Crippen LogP contribution in [0.4, 0.5) is 0 Å². The minimum atomic E-state index is -1.82. The predicted molar refractivity (Wildman–Crippen MR) is 139 cm³/mol. The zero-order valence-electron chi connectivity index (χ0n) is 21.3. The first-order chi connectivity index (χ1) is 18.1. The number of carbonyl (C=O) groups is 1. The molecule has 38 heavy (non-hydrogen) atoms. The van der Waals surface area contributed by atoms with E-state index in [9.17, 15) is 19.5 Å². The van der Waals surface area contributed by atoms with Crippen LogP contribution < -0.4 is 16.0 Å². The molecule has 0 spiro atoms. The molecule has 11 nitrogen and oxygen atoms in total. The summed E-state index contributed by atoms with van der Waals surface area (Å²) in [5.41, 5.74) is -2.02. The number of carboxylic acid groups (broad SMARTS) is 1. The van der Waals surface area contributed by atoms with Gasteiger partial charge in [0, 0.05) is 5.56 Å². The van der Waals surface area contributed by atoms with E-state index < -0.39 is 28.9 Å². The Kier molecular flexibility index (Phi) is 6.72. The van der Waals surface area contributed by atoms with E-state index in [-0.39, 0.29) is 18.0 Å². The van der Waals surface area contributed by atoms with Gasteiger partial charge in [-0.1, -0.05) is 18.2 Å². The van der Waals surface area contributed by atoms with Gasteiger partial charge in [-0.25, -0.2) is 19.1 Å². The van der Waals surface area contributed by atoms with Crippen LogP contribution in [-0.4, -0.2) is 51.6 Å². The Bertz CT molecular complexity index is 1610. The number of benzene rings is 1. The molecule has 0 amide bonds. The molecule has 0 aliphatic carbocycles. The molecule has 1 fully saturated rings. The topological polar surface area (TPSA) is 135 Å². The third-order valence-electron chi connectivity index (χ3n) is 6.72. The third kappa shape index (κ3) is 4.24. The van der Waals surface area contributed by atoms with Crippen molar-refractivity contribution < 1.29 is 28.5 Å². The molecule has 200 valence electrons. The van der Waals surface area contributed by atoms with Gasteiger partial charge in [-0.15, -0.1) is 11.3 Å². The number of hydrogen-bond donors (Lipinski definition) is 1. The zero-order chi connectivity index (χ0) is 27.2. The fourth-order valence-corrected chi connectivity index (χ4v) is 5.72. The van der Waals surface area contributed by atoms with Crippen molar-refractivity contribution in [3.05, 3.63) is 68.7 Å². The Morgan fingerprint density at radius 2 is 2.03 bits per heavy atom. The Balaban J connectivity index is 1.78. The normalized spacial score (nSPS) is 14.9. The zero-order valence-corrected chi connectivity index (χ0v) is 22.1. The fraction of sp³-hybridized carbons (Fsp3) is 0.385. The highest BCUT2D eigenvalue weighted by molar-refractivity contribution is 7.22. The molecule has 1 saturated heterocycles. The van der Waals surface area contributed by atoms with Gasteiger partial charge in [0.2, 0.25) is 5.89 Å². The van der Waals surface area contributed by atoms with Crippen LogP contribution in [0.1, 0.15) is 31.1 Å². The van der Waals surface area contributed by atoms with Crippen molar-refractivity contribution in [3.8, 4) is 16.5 Å². The van der Waals surface area contributed by atoms with Gasteiger partial charge in [-0.2, -0.15) is 0 Å². The van der Waals surface area contributed by atoms with Crippen LogP contribution in [-0.2, 0) is 26.4 Å². The van der Waals surface area contributed by atoms with Gasteiger partial charge in [0.05, 0.1) is 43.3 Å². The number of methoxy groups -OCH3 is 1. The minimum absolute atomic E-state index is 0.00678. The highest BCUT2D eigenvalue weighted by Gasteiger charge is 2.36. The summed E-state index contributed by atoms with van der Waals surface area (Å²) in [7, 11) is 1.55. The Labute approximate surface area is 220 Å². The largest absolute Gasteiger partial charge is 0.496 e. The van der Waals surface area contributed by atoms with Crippen molar-refractivity contribution in [3.63, 3.8) is 0 Å². The average molecular weight is 542 g/mol. The monoisotopic (exact) mass is 541 g/mol. The quantitative estimate of drug-likeness (QED) is 0.339. The van der Waals surface area contributed by atoms with Crippen LogP contribution >= 0.6 is 11.3 Å². The number of rotatable bonds is 9. The van der Waals surface area contributed by atoms with Crippen LogP contribution in [0, 0.1) is 6.92 Å². The highest BCUT2D eigenvalue weighted by atomic mass is 32.1. The lowest BCUT2D eigenvalue weighted by Crippen LogP contribution is -2.52. The summed E-state index contributed by atoms with van der Waals surface area (Å²) in [4.78, 5) is 45.0. The number of para-hydroxylation sites is 1. The van der Waals surface area contributed by atoms with Crippen molar-refractivity contribution in [2.75, 3.05) is 20.3 Å². The van der Waals surface area contributed by atoms with Gasteiger partial charge in [-0.3, -0.25) is 9.36 Å². The van der Waals surface area contributed by atoms with Gasteiger partial charge in [0.25, 0.3) is 5.56 Å². The van der Waals surface area contributed by atoms with E-state index in [0.717, 1.165) is 4.57 Å². The van der Waals surface area contributed by atoms with E-state index in [1.165, 1.54) is 42.2 Å². The van der Waals surface area contributed by atoms with Crippen LogP contribution in [0.15, 0.2) is 50.7 Å². The molecular weight excluding hydrogens is 514 g/mol. The molecule has 0 saturated carbocycles. The number of thiophene rings is 1. The highest BCUT2D eigenvalue weighted by Crippen LogP contribution is 2.37. The minimum Gasteiger partial charge on any atom is -0.496 e. The molecule has 0 unspecified atom stereocenters. The first kappa shape index (κ1) is 25.9. The van der Waals surface area contributed by atoms with E-state index in [2.05, 4.69) is 4.98 Å². The number of aliphatic carboxylic acids is 1. The summed E-state index contributed by atoms with van der Waals surface area (Å²) < 4.78 is 24.9. The van der Waals surface area contributed by atoms with Crippen LogP contribution in [0.25, 0.3) is 21.0 Å². The summed E-state index contributed by atoms with van der Waals surface area (Å²) in [5, 5.41) is 10.2. The number of ether oxygens (including phenoxy) is 3.